The molecule has 0 aromatic heterocycles. The number of hydrogen-bond acceptors (Lipinski definition) is 6. The van der Waals surface area contributed by atoms with Crippen molar-refractivity contribution in [2.75, 3.05) is 20.1 Å². The third-order valence-corrected chi connectivity index (χ3v) is 5.34. The van der Waals surface area contributed by atoms with E-state index in [1.807, 2.05) is 13.8 Å². The normalized spacial score (nSPS) is 30.3. The molecule has 4 unspecified atom stereocenters. The number of hydrogen-bond donors (Lipinski definition) is 1. The van der Waals surface area contributed by atoms with E-state index in [0.717, 1.165) is 0 Å². The van der Waals surface area contributed by atoms with Crippen molar-refractivity contribution < 1.29 is 18.7 Å². The third kappa shape index (κ3) is 3.19. The van der Waals surface area contributed by atoms with Crippen LogP contribution in [-0.4, -0.2) is 77.2 Å². The number of rotatable bonds is 2. The summed E-state index contributed by atoms with van der Waals surface area (Å²) in [6.07, 6.45) is -0.647. The molecule has 1 aromatic carbocycles. The first kappa shape index (κ1) is 18.7. The fourth-order valence-corrected chi connectivity index (χ4v) is 4.10. The average molecular weight is 389 g/mol. The monoisotopic (exact) mass is 389 g/mol. The average Bonchev–Trinajstić information content (AvgIpc) is 3.01. The van der Waals surface area contributed by atoms with E-state index in [1.54, 1.807) is 30.1 Å². The number of aliphatic imine (C=N–C) groups is 1. The second-order valence-corrected chi connectivity index (χ2v) is 7.57. The Labute approximate surface area is 162 Å². The van der Waals surface area contributed by atoms with Crippen LogP contribution in [0.2, 0.25) is 0 Å². The first-order chi connectivity index (χ1) is 13.3. The number of morpholine rings is 1. The van der Waals surface area contributed by atoms with Crippen LogP contribution >= 0.6 is 0 Å². The number of benzene rings is 1. The number of carbonyl (C=O) groups is 2. The lowest BCUT2D eigenvalue weighted by Gasteiger charge is -2.41. The van der Waals surface area contributed by atoms with Gasteiger partial charge in [-0.15, -0.1) is 0 Å². The zero-order chi connectivity index (χ0) is 20.0. The van der Waals surface area contributed by atoms with Gasteiger partial charge in [-0.2, -0.15) is 0 Å². The highest BCUT2D eigenvalue weighted by atomic mass is 19.1. The van der Waals surface area contributed by atoms with E-state index >= 15 is 0 Å². The summed E-state index contributed by atoms with van der Waals surface area (Å²) < 4.78 is 20.1. The van der Waals surface area contributed by atoms with Gasteiger partial charge in [0.15, 0.2) is 18.2 Å². The largest absolute Gasteiger partial charge is 0.372 e. The predicted octanol–water partition coefficient (Wildman–Crippen LogP) is 0.983. The van der Waals surface area contributed by atoms with Crippen molar-refractivity contribution in [3.8, 4) is 0 Å². The Morgan fingerprint density at radius 2 is 1.89 bits per heavy atom. The molecule has 2 saturated heterocycles. The summed E-state index contributed by atoms with van der Waals surface area (Å²) in [5.41, 5.74) is 0.470. The van der Waals surface area contributed by atoms with Crippen LogP contribution in [0.1, 0.15) is 19.4 Å². The molecule has 2 fully saturated rings. The molecular formula is C19H24FN5O3. The van der Waals surface area contributed by atoms with Crippen LogP contribution in [0.4, 0.5) is 9.18 Å². The summed E-state index contributed by atoms with van der Waals surface area (Å²) in [7, 11) is 1.61. The van der Waals surface area contributed by atoms with Gasteiger partial charge >= 0.3 is 6.03 Å². The molecule has 0 spiro atoms. The van der Waals surface area contributed by atoms with E-state index in [0.29, 0.717) is 24.6 Å². The van der Waals surface area contributed by atoms with Crippen LogP contribution in [0.5, 0.6) is 0 Å². The molecule has 0 aliphatic carbocycles. The maximum Gasteiger partial charge on any atom is 0.325 e. The highest BCUT2D eigenvalue weighted by Gasteiger charge is 2.50. The molecule has 3 aliphatic rings. The minimum Gasteiger partial charge on any atom is -0.372 e. The van der Waals surface area contributed by atoms with Crippen molar-refractivity contribution in [3.05, 3.63) is 35.6 Å². The Hall–Kier alpha value is -2.68. The molecule has 4 atom stereocenters. The number of carbonyl (C=O) groups excluding carboxylic acids is 2. The van der Waals surface area contributed by atoms with Gasteiger partial charge in [-0.05, 0) is 19.9 Å². The van der Waals surface area contributed by atoms with Gasteiger partial charge in [0.05, 0.1) is 12.2 Å². The predicted molar refractivity (Wildman–Crippen MR) is 99.8 cm³/mol. The summed E-state index contributed by atoms with van der Waals surface area (Å²) in [4.78, 5) is 34.7. The molecule has 3 aliphatic heterocycles. The molecule has 3 heterocycles. The lowest BCUT2D eigenvalue weighted by atomic mass is 10.1. The fourth-order valence-electron chi connectivity index (χ4n) is 4.10. The lowest BCUT2D eigenvalue weighted by Crippen LogP contribution is -2.64. The number of likely N-dealkylation sites (N-methyl/N-ethyl adjacent to an activating group) is 1. The molecule has 0 radical (unpaired) electrons. The van der Waals surface area contributed by atoms with Crippen molar-refractivity contribution >= 4 is 17.9 Å². The van der Waals surface area contributed by atoms with E-state index < -0.39 is 24.1 Å². The van der Waals surface area contributed by atoms with Crippen LogP contribution < -0.4 is 5.32 Å². The molecule has 150 valence electrons. The van der Waals surface area contributed by atoms with E-state index in [4.69, 9.17) is 9.73 Å². The molecule has 1 aromatic rings. The molecule has 0 saturated carbocycles. The van der Waals surface area contributed by atoms with Gasteiger partial charge in [0, 0.05) is 32.2 Å². The van der Waals surface area contributed by atoms with E-state index in [-0.39, 0.29) is 24.6 Å². The molecule has 8 nitrogen and oxygen atoms in total. The number of nitrogens with zero attached hydrogens (tertiary/aromatic N) is 4. The number of amides is 3. The number of nitrogens with one attached hydrogen (secondary N) is 1. The maximum absolute atomic E-state index is 14.3. The van der Waals surface area contributed by atoms with Crippen molar-refractivity contribution in [1.82, 2.24) is 20.0 Å². The van der Waals surface area contributed by atoms with Gasteiger partial charge in [-0.3, -0.25) is 10.1 Å². The van der Waals surface area contributed by atoms with E-state index in [2.05, 4.69) is 10.2 Å². The van der Waals surface area contributed by atoms with Gasteiger partial charge in [0.1, 0.15) is 5.82 Å². The number of urea groups is 1. The van der Waals surface area contributed by atoms with E-state index in [9.17, 15) is 14.0 Å². The third-order valence-electron chi connectivity index (χ3n) is 5.34. The zero-order valence-corrected chi connectivity index (χ0v) is 16.1. The number of halogens is 1. The number of ether oxygens (including phenoxy) is 1. The molecule has 9 heteroatoms. The Bertz CT molecular complexity index is 822. The van der Waals surface area contributed by atoms with Gasteiger partial charge in [0.25, 0.3) is 5.91 Å². The minimum atomic E-state index is -0.703. The van der Waals surface area contributed by atoms with Gasteiger partial charge in [-0.1, -0.05) is 18.2 Å². The Balaban J connectivity index is 1.71. The van der Waals surface area contributed by atoms with E-state index in [1.165, 1.54) is 11.0 Å². The van der Waals surface area contributed by atoms with Gasteiger partial charge in [-0.25, -0.2) is 14.2 Å². The summed E-state index contributed by atoms with van der Waals surface area (Å²) in [6.45, 7) is 5.36. The SMILES string of the molecule is CC1CN(C2=NC3C(C(=O)NC(=O)N3C)N2Cc2ccccc2F)CC(C)O1. The van der Waals surface area contributed by atoms with Crippen LogP contribution in [0.15, 0.2) is 29.3 Å². The first-order valence-electron chi connectivity index (χ1n) is 9.41. The Morgan fingerprint density at radius 3 is 2.57 bits per heavy atom. The standard InChI is InChI=1S/C19H24FN5O3/c1-11-8-24(9-12(2)28-11)18-21-16-15(17(26)22-19(27)23(16)3)25(18)10-13-6-4-5-7-14(13)20/h4-7,11-12,15-16H,8-10H2,1-3H3,(H,22,26,27). The smallest absolute Gasteiger partial charge is 0.325 e. The Kier molecular flexibility index (Phi) is 4.70. The Morgan fingerprint density at radius 1 is 1.21 bits per heavy atom. The minimum absolute atomic E-state index is 0.00224. The molecule has 3 amide bonds. The first-order valence-corrected chi connectivity index (χ1v) is 9.41. The second-order valence-electron chi connectivity index (χ2n) is 7.57. The van der Waals surface area contributed by atoms with Crippen LogP contribution in [0.25, 0.3) is 0 Å². The maximum atomic E-state index is 14.3. The summed E-state index contributed by atoms with van der Waals surface area (Å²) >= 11 is 0. The molecule has 28 heavy (non-hydrogen) atoms. The molecule has 1 N–H and O–H groups in total. The molecule has 0 bridgehead atoms. The van der Waals surface area contributed by atoms with Crippen LogP contribution in [-0.2, 0) is 16.1 Å². The summed E-state index contributed by atoms with van der Waals surface area (Å²) in [6, 6.07) is 5.30. The highest BCUT2D eigenvalue weighted by Crippen LogP contribution is 2.29. The topological polar surface area (TPSA) is 77.5 Å². The quantitative estimate of drug-likeness (QED) is 0.816. The van der Waals surface area contributed by atoms with Crippen molar-refractivity contribution in [2.45, 2.75) is 44.8 Å². The fraction of sp³-hybridized carbons (Fsp3) is 0.526. The molecule has 4 rings (SSSR count). The number of imide groups is 1. The number of guanidine groups is 1. The second kappa shape index (κ2) is 7.05. The van der Waals surface area contributed by atoms with Crippen molar-refractivity contribution in [3.63, 3.8) is 0 Å². The number of fused-ring (bicyclic) bond motifs is 1. The van der Waals surface area contributed by atoms with Crippen LogP contribution in [0, 0.1) is 5.82 Å². The van der Waals surface area contributed by atoms with Crippen molar-refractivity contribution in [1.29, 1.82) is 0 Å². The van der Waals surface area contributed by atoms with Gasteiger partial charge in [0.2, 0.25) is 0 Å². The van der Waals surface area contributed by atoms with Crippen molar-refractivity contribution in [2.24, 2.45) is 4.99 Å². The summed E-state index contributed by atoms with van der Waals surface area (Å²) in [5.74, 6) is -0.163. The highest BCUT2D eigenvalue weighted by molar-refractivity contribution is 6.03. The lowest BCUT2D eigenvalue weighted by molar-refractivity contribution is -0.127. The zero-order valence-electron chi connectivity index (χ0n) is 16.1. The van der Waals surface area contributed by atoms with Gasteiger partial charge < -0.3 is 19.4 Å². The summed E-state index contributed by atoms with van der Waals surface area (Å²) in [5, 5.41) is 2.37. The molecular weight excluding hydrogens is 365 g/mol. The van der Waals surface area contributed by atoms with Crippen LogP contribution in [0.3, 0.4) is 0 Å².